The maximum atomic E-state index is 13.1. The first kappa shape index (κ1) is 21.6. The van der Waals surface area contributed by atoms with Crippen LogP contribution in [0.3, 0.4) is 0 Å². The molecule has 2 aromatic rings. The number of halogens is 2. The molecule has 0 bridgehead atoms. The monoisotopic (exact) mass is 423 g/mol. The van der Waals surface area contributed by atoms with E-state index in [0.717, 1.165) is 22.5 Å². The maximum Gasteiger partial charge on any atom is 0.319 e. The molecule has 0 radical (unpaired) electrons. The molecule has 3 rings (SSSR count). The lowest BCUT2D eigenvalue weighted by Gasteiger charge is -2.34. The average molecular weight is 423 g/mol. The molecule has 0 aliphatic carbocycles. The number of hydrogen-bond donors (Lipinski definition) is 0. The molecule has 1 saturated heterocycles. The summed E-state index contributed by atoms with van der Waals surface area (Å²) in [6, 6.07) is 7.77. The van der Waals surface area contributed by atoms with Crippen LogP contribution in [0, 0.1) is 17.0 Å². The highest BCUT2D eigenvalue weighted by Crippen LogP contribution is 2.30. The molecule has 0 saturated carbocycles. The van der Waals surface area contributed by atoms with Gasteiger partial charge in [0.1, 0.15) is 18.0 Å². The number of hydrogen-bond acceptors (Lipinski definition) is 6. The minimum atomic E-state index is -3.08. The van der Waals surface area contributed by atoms with Crippen molar-refractivity contribution in [3.63, 3.8) is 0 Å². The number of nitrogens with zero attached hydrogens (tertiary/aromatic N) is 5. The molecule has 0 spiro atoms. The van der Waals surface area contributed by atoms with E-state index in [-0.39, 0.29) is 18.1 Å². The van der Waals surface area contributed by atoms with E-state index in [0.29, 0.717) is 26.2 Å². The van der Waals surface area contributed by atoms with Gasteiger partial charge in [-0.25, -0.2) is 8.78 Å². The third kappa shape index (κ3) is 4.73. The molecule has 0 N–H and O–H groups in total. The Morgan fingerprint density at radius 3 is 2.57 bits per heavy atom. The van der Waals surface area contributed by atoms with E-state index in [4.69, 9.17) is 4.74 Å². The molecule has 1 amide bonds. The van der Waals surface area contributed by atoms with Gasteiger partial charge >= 0.3 is 5.69 Å². The van der Waals surface area contributed by atoms with Crippen LogP contribution in [-0.2, 0) is 17.9 Å². The second-order valence-corrected chi connectivity index (χ2v) is 7.04. The maximum absolute atomic E-state index is 13.1. The number of alkyl halides is 2. The van der Waals surface area contributed by atoms with Crippen molar-refractivity contribution in [3.05, 3.63) is 51.3 Å². The summed E-state index contributed by atoms with van der Waals surface area (Å²) in [5, 5.41) is 14.7. The van der Waals surface area contributed by atoms with E-state index in [1.807, 2.05) is 24.3 Å². The lowest BCUT2D eigenvalue weighted by molar-refractivity contribution is -0.386. The molecule has 1 aliphatic heterocycles. The third-order valence-corrected chi connectivity index (χ3v) is 5.14. The topological polar surface area (TPSA) is 93.7 Å². The zero-order chi connectivity index (χ0) is 21.8. The number of rotatable bonds is 7. The van der Waals surface area contributed by atoms with Crippen molar-refractivity contribution in [1.82, 2.24) is 19.6 Å². The van der Waals surface area contributed by atoms with Crippen LogP contribution in [0.4, 0.5) is 14.5 Å². The molecule has 0 unspecified atom stereocenters. The van der Waals surface area contributed by atoms with Gasteiger partial charge in [0.25, 0.3) is 6.43 Å². The van der Waals surface area contributed by atoms with E-state index in [9.17, 15) is 23.7 Å². The van der Waals surface area contributed by atoms with Crippen LogP contribution in [0.25, 0.3) is 0 Å². The van der Waals surface area contributed by atoms with Gasteiger partial charge in [0, 0.05) is 32.7 Å². The third-order valence-electron chi connectivity index (χ3n) is 5.14. The average Bonchev–Trinajstić information content (AvgIpc) is 3.05. The summed E-state index contributed by atoms with van der Waals surface area (Å²) in [7, 11) is 1.61. The van der Waals surface area contributed by atoms with Gasteiger partial charge in [-0.3, -0.25) is 24.5 Å². The highest BCUT2D eigenvalue weighted by molar-refractivity contribution is 5.76. The fraction of sp³-hybridized carbons (Fsp3) is 0.474. The lowest BCUT2D eigenvalue weighted by atomic mass is 10.2. The Morgan fingerprint density at radius 1 is 1.30 bits per heavy atom. The predicted octanol–water partition coefficient (Wildman–Crippen LogP) is 2.39. The van der Waals surface area contributed by atoms with E-state index < -0.39 is 22.7 Å². The quantitative estimate of drug-likeness (QED) is 0.502. The number of amides is 1. The van der Waals surface area contributed by atoms with Gasteiger partial charge in [0.15, 0.2) is 0 Å². The van der Waals surface area contributed by atoms with Crippen LogP contribution >= 0.6 is 0 Å². The Balaban J connectivity index is 1.59. The lowest BCUT2D eigenvalue weighted by Crippen LogP contribution is -2.49. The minimum Gasteiger partial charge on any atom is -0.497 e. The Hall–Kier alpha value is -3.08. The van der Waals surface area contributed by atoms with Crippen molar-refractivity contribution in [2.24, 2.45) is 0 Å². The zero-order valence-corrected chi connectivity index (χ0v) is 16.8. The van der Waals surface area contributed by atoms with Crippen LogP contribution in [0.2, 0.25) is 0 Å². The molecular weight excluding hydrogens is 400 g/mol. The largest absolute Gasteiger partial charge is 0.497 e. The van der Waals surface area contributed by atoms with Crippen molar-refractivity contribution in [2.75, 3.05) is 33.3 Å². The van der Waals surface area contributed by atoms with E-state index in [1.165, 1.54) is 6.92 Å². The van der Waals surface area contributed by atoms with Crippen molar-refractivity contribution in [1.29, 1.82) is 0 Å². The smallest absolute Gasteiger partial charge is 0.319 e. The Bertz CT molecular complexity index is 926. The molecule has 2 heterocycles. The van der Waals surface area contributed by atoms with Gasteiger partial charge in [-0.05, 0) is 24.6 Å². The molecule has 9 nitrogen and oxygen atoms in total. The number of ether oxygens (including phenoxy) is 1. The van der Waals surface area contributed by atoms with Crippen molar-refractivity contribution < 1.29 is 23.2 Å². The summed E-state index contributed by atoms with van der Waals surface area (Å²) in [5.41, 5.74) is -0.595. The number of aromatic nitrogens is 2. The molecule has 11 heteroatoms. The second-order valence-electron chi connectivity index (χ2n) is 7.04. The molecular formula is C19H23F2N5O4. The molecule has 30 heavy (non-hydrogen) atoms. The van der Waals surface area contributed by atoms with Gasteiger partial charge in [-0.2, -0.15) is 5.10 Å². The first-order valence-electron chi connectivity index (χ1n) is 9.43. The fourth-order valence-corrected chi connectivity index (χ4v) is 3.50. The summed E-state index contributed by atoms with van der Waals surface area (Å²) in [5.74, 6) is 0.477. The Kier molecular flexibility index (Phi) is 6.60. The van der Waals surface area contributed by atoms with Gasteiger partial charge in [-0.1, -0.05) is 12.1 Å². The zero-order valence-electron chi connectivity index (χ0n) is 16.8. The Labute approximate surface area is 172 Å². The molecule has 162 valence electrons. The Morgan fingerprint density at radius 2 is 2.00 bits per heavy atom. The first-order valence-corrected chi connectivity index (χ1v) is 9.43. The highest BCUT2D eigenvalue weighted by atomic mass is 19.3. The standard InChI is InChI=1S/C19H23F2N5O4/c1-13-18(26(28)29)17(19(20)21)22-25(13)12-16(27)24-8-6-23(7-9-24)11-14-4-3-5-15(10-14)30-2/h3-5,10,19H,6-9,11-12H2,1-2H3. The van der Waals surface area contributed by atoms with Gasteiger partial charge < -0.3 is 9.64 Å². The summed E-state index contributed by atoms with van der Waals surface area (Å²) < 4.78 is 32.3. The molecule has 1 aromatic heterocycles. The summed E-state index contributed by atoms with van der Waals surface area (Å²) in [6.07, 6.45) is -3.08. The van der Waals surface area contributed by atoms with Crippen LogP contribution in [-0.4, -0.2) is 63.7 Å². The number of methoxy groups -OCH3 is 1. The van der Waals surface area contributed by atoms with E-state index in [2.05, 4.69) is 10.00 Å². The van der Waals surface area contributed by atoms with Crippen LogP contribution in [0.15, 0.2) is 24.3 Å². The van der Waals surface area contributed by atoms with Crippen LogP contribution in [0.5, 0.6) is 5.75 Å². The van der Waals surface area contributed by atoms with Crippen LogP contribution < -0.4 is 4.74 Å². The van der Waals surface area contributed by atoms with Gasteiger partial charge in [0.05, 0.1) is 12.0 Å². The predicted molar refractivity (Wildman–Crippen MR) is 103 cm³/mol. The summed E-state index contributed by atoms with van der Waals surface area (Å²) in [4.78, 5) is 26.6. The number of carbonyl (C=O) groups excluding carboxylic acids is 1. The number of carbonyl (C=O) groups is 1. The van der Waals surface area contributed by atoms with Gasteiger partial charge in [-0.15, -0.1) is 0 Å². The SMILES string of the molecule is COc1cccc(CN2CCN(C(=O)Cn3nc(C(F)F)c([N+](=O)[O-])c3C)CC2)c1. The molecule has 1 aliphatic rings. The number of benzene rings is 1. The summed E-state index contributed by atoms with van der Waals surface area (Å²) >= 11 is 0. The van der Waals surface area contributed by atoms with E-state index in [1.54, 1.807) is 12.0 Å². The molecule has 1 fully saturated rings. The fourth-order valence-electron chi connectivity index (χ4n) is 3.50. The second kappa shape index (κ2) is 9.16. The summed E-state index contributed by atoms with van der Waals surface area (Å²) in [6.45, 7) is 4.00. The number of piperazine rings is 1. The minimum absolute atomic E-state index is 0.0553. The van der Waals surface area contributed by atoms with Crippen molar-refractivity contribution >= 4 is 11.6 Å². The van der Waals surface area contributed by atoms with E-state index >= 15 is 0 Å². The van der Waals surface area contributed by atoms with Crippen LogP contribution in [0.1, 0.15) is 23.4 Å². The first-order chi connectivity index (χ1) is 14.3. The molecule has 0 atom stereocenters. The number of nitro groups is 1. The van der Waals surface area contributed by atoms with Crippen molar-refractivity contribution in [3.8, 4) is 5.75 Å². The normalized spacial score (nSPS) is 14.9. The van der Waals surface area contributed by atoms with Crippen molar-refractivity contribution in [2.45, 2.75) is 26.4 Å². The van der Waals surface area contributed by atoms with Gasteiger partial charge in [0.2, 0.25) is 11.6 Å². The molecule has 1 aromatic carbocycles. The highest BCUT2D eigenvalue weighted by Gasteiger charge is 2.32.